The van der Waals surface area contributed by atoms with Crippen molar-refractivity contribution in [3.63, 3.8) is 0 Å². The molecule has 1 atom stereocenters. The third-order valence-electron chi connectivity index (χ3n) is 4.90. The van der Waals surface area contributed by atoms with Gasteiger partial charge in [-0.3, -0.25) is 14.5 Å². The molecule has 0 bridgehead atoms. The first-order valence-corrected chi connectivity index (χ1v) is 11.0. The predicted molar refractivity (Wildman–Crippen MR) is 115 cm³/mol. The fraction of sp³-hybridized carbons (Fsp3) is 0.476. The maximum Gasteiger partial charge on any atom is 0.238 e. The molecule has 2 aromatic rings. The van der Waals surface area contributed by atoms with Gasteiger partial charge in [0.05, 0.1) is 11.0 Å². The number of anilines is 1. The second-order valence-electron chi connectivity index (χ2n) is 7.26. The van der Waals surface area contributed by atoms with E-state index in [1.54, 1.807) is 19.9 Å². The van der Waals surface area contributed by atoms with Gasteiger partial charge in [-0.05, 0) is 25.8 Å². The highest BCUT2D eigenvalue weighted by molar-refractivity contribution is 8.01. The molecule has 1 aliphatic rings. The summed E-state index contributed by atoms with van der Waals surface area (Å²) in [7, 11) is 0. The van der Waals surface area contributed by atoms with Crippen LogP contribution in [0.15, 0.2) is 40.9 Å². The standard InChI is InChI=1S/C21H28N4O3S/c1-16-13-19(23-28-16)22-21(27)17(2)29-15-20(26)25-10-6-9-24(11-12-25)14-18-7-4-3-5-8-18/h3-5,7-8,13,17H,6,9-12,14-15H2,1-2H3,(H,22,23,27). The van der Waals surface area contributed by atoms with E-state index in [2.05, 4.69) is 39.6 Å². The van der Waals surface area contributed by atoms with Crippen LogP contribution in [0.5, 0.6) is 0 Å². The smallest absolute Gasteiger partial charge is 0.238 e. The molecule has 1 aromatic carbocycles. The van der Waals surface area contributed by atoms with Gasteiger partial charge in [-0.15, -0.1) is 11.8 Å². The number of nitrogens with one attached hydrogen (secondary N) is 1. The molecule has 0 spiro atoms. The molecule has 2 amide bonds. The highest BCUT2D eigenvalue weighted by Crippen LogP contribution is 2.16. The molecule has 0 saturated carbocycles. The Morgan fingerprint density at radius 3 is 2.72 bits per heavy atom. The summed E-state index contributed by atoms with van der Waals surface area (Å²) in [5.41, 5.74) is 1.30. The zero-order valence-corrected chi connectivity index (χ0v) is 17.8. The summed E-state index contributed by atoms with van der Waals surface area (Å²) < 4.78 is 4.94. The number of rotatable bonds is 7. The first-order chi connectivity index (χ1) is 14.0. The average Bonchev–Trinajstić information content (AvgIpc) is 2.98. The largest absolute Gasteiger partial charge is 0.360 e. The van der Waals surface area contributed by atoms with Gasteiger partial charge in [0, 0.05) is 38.8 Å². The highest BCUT2D eigenvalue weighted by atomic mass is 32.2. The average molecular weight is 417 g/mol. The predicted octanol–water partition coefficient (Wildman–Crippen LogP) is 2.78. The number of aryl methyl sites for hydroxylation is 1. The van der Waals surface area contributed by atoms with Gasteiger partial charge in [0.2, 0.25) is 11.8 Å². The maximum atomic E-state index is 12.6. The van der Waals surface area contributed by atoms with Gasteiger partial charge in [0.25, 0.3) is 0 Å². The van der Waals surface area contributed by atoms with E-state index in [1.165, 1.54) is 17.3 Å². The van der Waals surface area contributed by atoms with Crippen LogP contribution >= 0.6 is 11.8 Å². The summed E-state index contributed by atoms with van der Waals surface area (Å²) in [6.45, 7) is 7.82. The topological polar surface area (TPSA) is 78.7 Å². The van der Waals surface area contributed by atoms with E-state index in [0.29, 0.717) is 17.3 Å². The quantitative estimate of drug-likeness (QED) is 0.748. The van der Waals surface area contributed by atoms with E-state index in [4.69, 9.17) is 4.52 Å². The molecular formula is C21H28N4O3S. The summed E-state index contributed by atoms with van der Waals surface area (Å²) in [5.74, 6) is 1.25. The zero-order chi connectivity index (χ0) is 20.6. The normalized spacial score (nSPS) is 16.3. The molecule has 1 N–H and O–H groups in total. The minimum absolute atomic E-state index is 0.0912. The van der Waals surface area contributed by atoms with E-state index in [0.717, 1.165) is 39.1 Å². The number of carbonyl (C=O) groups is 2. The molecule has 1 saturated heterocycles. The summed E-state index contributed by atoms with van der Waals surface area (Å²) in [4.78, 5) is 29.2. The molecule has 29 heavy (non-hydrogen) atoms. The Kier molecular flexibility index (Phi) is 7.71. The van der Waals surface area contributed by atoms with E-state index >= 15 is 0 Å². The van der Waals surface area contributed by atoms with Crippen LogP contribution in [0, 0.1) is 6.92 Å². The number of nitrogens with zero attached hydrogens (tertiary/aromatic N) is 3. The molecule has 2 heterocycles. The monoisotopic (exact) mass is 416 g/mol. The van der Waals surface area contributed by atoms with Gasteiger partial charge in [0.15, 0.2) is 5.82 Å². The molecule has 1 aliphatic heterocycles. The summed E-state index contributed by atoms with van der Waals surface area (Å²) >= 11 is 1.35. The Hall–Kier alpha value is -2.32. The molecule has 7 nitrogen and oxygen atoms in total. The number of amides is 2. The van der Waals surface area contributed by atoms with Crippen molar-refractivity contribution in [2.75, 3.05) is 37.2 Å². The highest BCUT2D eigenvalue weighted by Gasteiger charge is 2.22. The van der Waals surface area contributed by atoms with Crippen LogP contribution in [0.25, 0.3) is 0 Å². The van der Waals surface area contributed by atoms with Gasteiger partial charge in [-0.1, -0.05) is 35.5 Å². The summed E-state index contributed by atoms with van der Waals surface area (Å²) in [5, 5.41) is 6.12. The third-order valence-corrected chi connectivity index (χ3v) is 6.02. The zero-order valence-electron chi connectivity index (χ0n) is 17.0. The molecule has 1 aromatic heterocycles. The van der Waals surface area contributed by atoms with Gasteiger partial charge < -0.3 is 14.7 Å². The fourth-order valence-corrected chi connectivity index (χ4v) is 4.02. The number of aromatic nitrogens is 1. The maximum absolute atomic E-state index is 12.6. The molecule has 156 valence electrons. The lowest BCUT2D eigenvalue weighted by atomic mass is 10.2. The molecule has 8 heteroatoms. The lowest BCUT2D eigenvalue weighted by Crippen LogP contribution is -2.37. The van der Waals surface area contributed by atoms with Gasteiger partial charge in [-0.2, -0.15) is 0 Å². The van der Waals surface area contributed by atoms with Crippen LogP contribution < -0.4 is 5.32 Å². The molecular weight excluding hydrogens is 388 g/mol. The SMILES string of the molecule is Cc1cc(NC(=O)C(C)SCC(=O)N2CCCN(Cc3ccccc3)CC2)no1. The number of hydrogen-bond donors (Lipinski definition) is 1. The van der Waals surface area contributed by atoms with Crippen LogP contribution in [0.3, 0.4) is 0 Å². The van der Waals surface area contributed by atoms with Gasteiger partial charge >= 0.3 is 0 Å². The van der Waals surface area contributed by atoms with Crippen molar-refractivity contribution in [1.82, 2.24) is 15.0 Å². The van der Waals surface area contributed by atoms with Crippen LogP contribution in [-0.4, -0.2) is 64.0 Å². The van der Waals surface area contributed by atoms with Crippen molar-refractivity contribution in [2.24, 2.45) is 0 Å². The van der Waals surface area contributed by atoms with Crippen molar-refractivity contribution >= 4 is 29.4 Å². The number of thioether (sulfide) groups is 1. The van der Waals surface area contributed by atoms with Crippen LogP contribution in [0.1, 0.15) is 24.7 Å². The minimum atomic E-state index is -0.350. The molecule has 0 aliphatic carbocycles. The summed E-state index contributed by atoms with van der Waals surface area (Å²) in [6, 6.07) is 12.1. The van der Waals surface area contributed by atoms with Crippen molar-refractivity contribution in [2.45, 2.75) is 32.1 Å². The molecule has 1 fully saturated rings. The third kappa shape index (κ3) is 6.61. The van der Waals surface area contributed by atoms with Crippen LogP contribution in [-0.2, 0) is 16.1 Å². The van der Waals surface area contributed by atoms with E-state index in [9.17, 15) is 9.59 Å². The van der Waals surface area contributed by atoms with Crippen molar-refractivity contribution in [1.29, 1.82) is 0 Å². The molecule has 1 unspecified atom stereocenters. The Morgan fingerprint density at radius 2 is 2.00 bits per heavy atom. The Bertz CT molecular complexity index is 811. The molecule has 3 rings (SSSR count). The first-order valence-electron chi connectivity index (χ1n) is 9.91. The van der Waals surface area contributed by atoms with E-state index < -0.39 is 0 Å². The Labute approximate surface area is 175 Å². The van der Waals surface area contributed by atoms with Crippen LogP contribution in [0.4, 0.5) is 5.82 Å². The van der Waals surface area contributed by atoms with Crippen molar-refractivity contribution < 1.29 is 14.1 Å². The lowest BCUT2D eigenvalue weighted by Gasteiger charge is -2.22. The number of benzene rings is 1. The second kappa shape index (κ2) is 10.5. The Balaban J connectivity index is 1.41. The van der Waals surface area contributed by atoms with Gasteiger partial charge in [-0.25, -0.2) is 0 Å². The first kappa shape index (κ1) is 21.4. The minimum Gasteiger partial charge on any atom is -0.360 e. The fourth-order valence-electron chi connectivity index (χ4n) is 3.24. The number of carbonyl (C=O) groups excluding carboxylic acids is 2. The van der Waals surface area contributed by atoms with E-state index in [1.807, 2.05) is 11.0 Å². The summed E-state index contributed by atoms with van der Waals surface area (Å²) in [6.07, 6.45) is 0.963. The number of hydrogen-bond acceptors (Lipinski definition) is 6. The Morgan fingerprint density at radius 1 is 1.21 bits per heavy atom. The van der Waals surface area contributed by atoms with Gasteiger partial charge in [0.1, 0.15) is 5.76 Å². The second-order valence-corrected chi connectivity index (χ2v) is 8.59. The van der Waals surface area contributed by atoms with E-state index in [-0.39, 0.29) is 17.1 Å². The van der Waals surface area contributed by atoms with Crippen LogP contribution in [0.2, 0.25) is 0 Å². The molecule has 0 radical (unpaired) electrons. The van der Waals surface area contributed by atoms with Crippen molar-refractivity contribution in [3.05, 3.63) is 47.7 Å². The lowest BCUT2D eigenvalue weighted by molar-refractivity contribution is -0.128. The van der Waals surface area contributed by atoms with Crippen molar-refractivity contribution in [3.8, 4) is 0 Å².